The molecule has 4 nitrogen and oxygen atoms in total. The van der Waals surface area contributed by atoms with E-state index in [0.29, 0.717) is 5.75 Å². The average Bonchev–Trinajstić information content (AvgIpc) is 3.00. The molecule has 0 atom stereocenters. The summed E-state index contributed by atoms with van der Waals surface area (Å²) in [6.07, 6.45) is 1.64. The lowest BCUT2D eigenvalue weighted by molar-refractivity contribution is -0.123. The van der Waals surface area contributed by atoms with E-state index in [-0.39, 0.29) is 12.5 Å². The van der Waals surface area contributed by atoms with Crippen LogP contribution < -0.4 is 10.2 Å². The molecule has 0 bridgehead atoms. The van der Waals surface area contributed by atoms with Gasteiger partial charge in [0.15, 0.2) is 6.61 Å². The summed E-state index contributed by atoms with van der Waals surface area (Å²) in [5.41, 5.74) is 3.61. The Kier molecular flexibility index (Phi) is 5.27. The van der Waals surface area contributed by atoms with Gasteiger partial charge in [-0.1, -0.05) is 30.3 Å². The van der Waals surface area contributed by atoms with Crippen molar-refractivity contribution in [2.75, 3.05) is 6.61 Å². The summed E-state index contributed by atoms with van der Waals surface area (Å²) in [4.78, 5) is 12.9. The SMILES string of the molecule is Cc1ccsc1/C=N\NC(=O)COc1ccc2ccccc2c1Br. The normalized spacial score (nSPS) is 11.1. The third-order valence-corrected chi connectivity index (χ3v) is 5.23. The Labute approximate surface area is 152 Å². The monoisotopic (exact) mass is 402 g/mol. The lowest BCUT2D eigenvalue weighted by Crippen LogP contribution is -2.24. The van der Waals surface area contributed by atoms with Gasteiger partial charge in [-0.05, 0) is 56.7 Å². The first kappa shape index (κ1) is 16.7. The molecule has 0 saturated carbocycles. The smallest absolute Gasteiger partial charge is 0.277 e. The Balaban J connectivity index is 1.59. The number of ether oxygens (including phenoxy) is 1. The molecule has 0 unspecified atom stereocenters. The summed E-state index contributed by atoms with van der Waals surface area (Å²) < 4.78 is 6.43. The summed E-state index contributed by atoms with van der Waals surface area (Å²) in [7, 11) is 0. The number of thiophene rings is 1. The first-order valence-electron chi connectivity index (χ1n) is 7.31. The molecular formula is C18H15BrN2O2S. The zero-order valence-corrected chi connectivity index (χ0v) is 15.4. The second-order valence-corrected chi connectivity index (χ2v) is 6.89. The molecule has 0 aliphatic heterocycles. The summed E-state index contributed by atoms with van der Waals surface area (Å²) in [5, 5.41) is 8.09. The molecule has 3 aromatic rings. The molecule has 1 aromatic heterocycles. The van der Waals surface area contributed by atoms with E-state index in [0.717, 1.165) is 25.7 Å². The van der Waals surface area contributed by atoms with E-state index in [1.165, 1.54) is 0 Å². The minimum absolute atomic E-state index is 0.0995. The van der Waals surface area contributed by atoms with Gasteiger partial charge in [0, 0.05) is 4.88 Å². The Hall–Kier alpha value is -2.18. The maximum atomic E-state index is 11.8. The predicted octanol–water partition coefficient (Wildman–Crippen LogP) is 4.50. The molecule has 0 radical (unpaired) electrons. The summed E-state index contributed by atoms with van der Waals surface area (Å²) in [6, 6.07) is 13.8. The molecule has 1 N–H and O–H groups in total. The van der Waals surface area contributed by atoms with E-state index in [1.807, 2.05) is 54.8 Å². The Morgan fingerprint density at radius 1 is 1.29 bits per heavy atom. The van der Waals surface area contributed by atoms with E-state index in [1.54, 1.807) is 17.6 Å². The fourth-order valence-electron chi connectivity index (χ4n) is 2.18. The molecule has 0 fully saturated rings. The third-order valence-electron chi connectivity index (χ3n) is 3.46. The standard InChI is InChI=1S/C18H15BrN2O2S/c1-12-8-9-24-16(12)10-20-21-17(22)11-23-15-7-6-13-4-2-3-5-14(13)18(15)19/h2-10H,11H2,1H3,(H,21,22)/b20-10-. The van der Waals surface area contributed by atoms with Crippen molar-refractivity contribution in [2.24, 2.45) is 5.10 Å². The van der Waals surface area contributed by atoms with Gasteiger partial charge in [0.1, 0.15) is 5.75 Å². The van der Waals surface area contributed by atoms with Crippen LogP contribution in [0.15, 0.2) is 57.4 Å². The van der Waals surface area contributed by atoms with Crippen molar-refractivity contribution < 1.29 is 9.53 Å². The molecule has 24 heavy (non-hydrogen) atoms. The molecule has 0 aliphatic carbocycles. The van der Waals surface area contributed by atoms with Crippen LogP contribution in [-0.2, 0) is 4.79 Å². The van der Waals surface area contributed by atoms with Gasteiger partial charge in [0.25, 0.3) is 5.91 Å². The van der Waals surface area contributed by atoms with Crippen LogP contribution in [0.25, 0.3) is 10.8 Å². The van der Waals surface area contributed by atoms with Gasteiger partial charge in [-0.3, -0.25) is 4.79 Å². The first-order chi connectivity index (χ1) is 11.6. The number of benzene rings is 2. The van der Waals surface area contributed by atoms with E-state index >= 15 is 0 Å². The lowest BCUT2D eigenvalue weighted by atomic mass is 10.1. The van der Waals surface area contributed by atoms with E-state index in [2.05, 4.69) is 26.5 Å². The van der Waals surface area contributed by atoms with Crippen LogP contribution in [0.1, 0.15) is 10.4 Å². The van der Waals surface area contributed by atoms with E-state index in [4.69, 9.17) is 4.74 Å². The summed E-state index contributed by atoms with van der Waals surface area (Å²) in [6.45, 7) is 1.90. The van der Waals surface area contributed by atoms with Crippen molar-refractivity contribution in [3.63, 3.8) is 0 Å². The van der Waals surface area contributed by atoms with Crippen LogP contribution in [0.5, 0.6) is 5.75 Å². The van der Waals surface area contributed by atoms with Crippen LogP contribution in [-0.4, -0.2) is 18.7 Å². The maximum absolute atomic E-state index is 11.8. The van der Waals surface area contributed by atoms with Crippen LogP contribution in [0.3, 0.4) is 0 Å². The number of carbonyl (C=O) groups is 1. The molecule has 122 valence electrons. The number of fused-ring (bicyclic) bond motifs is 1. The largest absolute Gasteiger partial charge is 0.483 e. The van der Waals surface area contributed by atoms with Crippen molar-refractivity contribution in [2.45, 2.75) is 6.92 Å². The lowest BCUT2D eigenvalue weighted by Gasteiger charge is -2.09. The number of carbonyl (C=O) groups excluding carboxylic acids is 1. The number of nitrogens with zero attached hydrogens (tertiary/aromatic N) is 1. The molecule has 6 heteroatoms. The Morgan fingerprint density at radius 3 is 2.92 bits per heavy atom. The van der Waals surface area contributed by atoms with Gasteiger partial charge in [-0.15, -0.1) is 11.3 Å². The number of aryl methyl sites for hydroxylation is 1. The molecule has 0 saturated heterocycles. The summed E-state index contributed by atoms with van der Waals surface area (Å²) in [5.74, 6) is 0.322. The van der Waals surface area contributed by atoms with Gasteiger partial charge < -0.3 is 4.74 Å². The zero-order valence-electron chi connectivity index (χ0n) is 13.0. The highest BCUT2D eigenvalue weighted by molar-refractivity contribution is 9.10. The third kappa shape index (κ3) is 3.83. The van der Waals surface area contributed by atoms with Gasteiger partial charge in [0.2, 0.25) is 0 Å². The molecular weight excluding hydrogens is 388 g/mol. The van der Waals surface area contributed by atoms with Crippen molar-refractivity contribution in [3.8, 4) is 5.75 Å². The fraction of sp³-hybridized carbons (Fsp3) is 0.111. The van der Waals surface area contributed by atoms with Crippen LogP contribution in [0.4, 0.5) is 0 Å². The maximum Gasteiger partial charge on any atom is 0.277 e. The molecule has 2 aromatic carbocycles. The number of hydrogen-bond donors (Lipinski definition) is 1. The molecule has 1 amide bonds. The molecule has 3 rings (SSSR count). The highest BCUT2D eigenvalue weighted by Crippen LogP contribution is 2.32. The molecule has 0 spiro atoms. The van der Waals surface area contributed by atoms with Gasteiger partial charge >= 0.3 is 0 Å². The number of hydrazone groups is 1. The number of hydrogen-bond acceptors (Lipinski definition) is 4. The summed E-state index contributed by atoms with van der Waals surface area (Å²) >= 11 is 5.11. The highest BCUT2D eigenvalue weighted by Gasteiger charge is 2.08. The van der Waals surface area contributed by atoms with Gasteiger partial charge in [-0.25, -0.2) is 5.43 Å². The van der Waals surface area contributed by atoms with Crippen molar-refractivity contribution in [3.05, 3.63) is 62.8 Å². The van der Waals surface area contributed by atoms with Crippen molar-refractivity contribution >= 4 is 50.2 Å². The van der Waals surface area contributed by atoms with Crippen LogP contribution in [0, 0.1) is 6.92 Å². The second-order valence-electron chi connectivity index (χ2n) is 5.15. The van der Waals surface area contributed by atoms with Crippen LogP contribution in [0.2, 0.25) is 0 Å². The van der Waals surface area contributed by atoms with Gasteiger partial charge in [0.05, 0.1) is 10.7 Å². The Morgan fingerprint density at radius 2 is 2.12 bits per heavy atom. The topological polar surface area (TPSA) is 50.7 Å². The molecule has 1 heterocycles. The van der Waals surface area contributed by atoms with Gasteiger partial charge in [-0.2, -0.15) is 5.10 Å². The van der Waals surface area contributed by atoms with E-state index < -0.39 is 0 Å². The minimum Gasteiger partial charge on any atom is -0.483 e. The first-order valence-corrected chi connectivity index (χ1v) is 8.98. The molecule has 0 aliphatic rings. The van der Waals surface area contributed by atoms with E-state index in [9.17, 15) is 4.79 Å². The quantitative estimate of drug-likeness (QED) is 0.504. The van der Waals surface area contributed by atoms with Crippen molar-refractivity contribution in [1.29, 1.82) is 0 Å². The number of rotatable bonds is 5. The number of nitrogens with one attached hydrogen (secondary N) is 1. The average molecular weight is 403 g/mol. The number of amides is 1. The Bertz CT molecular complexity index is 905. The fourth-order valence-corrected chi connectivity index (χ4v) is 3.57. The minimum atomic E-state index is -0.305. The zero-order chi connectivity index (χ0) is 16.9. The predicted molar refractivity (Wildman–Crippen MR) is 102 cm³/mol. The highest BCUT2D eigenvalue weighted by atomic mass is 79.9. The van der Waals surface area contributed by atoms with Crippen LogP contribution >= 0.6 is 27.3 Å². The second kappa shape index (κ2) is 7.59. The number of halogens is 1. The van der Waals surface area contributed by atoms with Crippen molar-refractivity contribution in [1.82, 2.24) is 5.43 Å².